The van der Waals surface area contributed by atoms with Gasteiger partial charge in [0.25, 0.3) is 0 Å². The van der Waals surface area contributed by atoms with Crippen molar-refractivity contribution < 1.29 is 22.4 Å². The number of alkyl halides is 4. The average molecular weight is 488 g/mol. The van der Waals surface area contributed by atoms with Gasteiger partial charge in [0, 0.05) is 25.6 Å². The third-order valence-electron chi connectivity index (χ3n) is 4.73. The van der Waals surface area contributed by atoms with Gasteiger partial charge in [-0.25, -0.2) is 9.38 Å². The van der Waals surface area contributed by atoms with Crippen molar-refractivity contribution in [2.75, 3.05) is 26.4 Å². The molecule has 0 aromatic rings. The molecule has 192 valence electrons. The summed E-state index contributed by atoms with van der Waals surface area (Å²) in [5, 5.41) is 2.93. The van der Waals surface area contributed by atoms with Gasteiger partial charge in [0.15, 0.2) is 5.84 Å². The van der Waals surface area contributed by atoms with Gasteiger partial charge in [0.2, 0.25) is 0 Å². The molecule has 0 aromatic carbocycles. The second kappa shape index (κ2) is 17.8. The molecule has 0 aromatic heterocycles. The normalized spacial score (nSPS) is 13.7. The Morgan fingerprint density at radius 1 is 1.15 bits per heavy atom. The molecule has 10 heteroatoms. The lowest BCUT2D eigenvalue weighted by Gasteiger charge is -2.28. The van der Waals surface area contributed by atoms with Crippen LogP contribution in [0.2, 0.25) is 0 Å². The predicted octanol–water partition coefficient (Wildman–Crippen LogP) is 5.09. The first-order chi connectivity index (χ1) is 16.0. The summed E-state index contributed by atoms with van der Waals surface area (Å²) >= 11 is 0. The van der Waals surface area contributed by atoms with Crippen LogP contribution in [0.25, 0.3) is 0 Å². The number of aldehydes is 1. The van der Waals surface area contributed by atoms with Gasteiger partial charge < -0.3 is 10.1 Å². The molecule has 6 nitrogen and oxygen atoms in total. The van der Waals surface area contributed by atoms with Crippen molar-refractivity contribution in [1.82, 2.24) is 10.2 Å². The molecule has 0 saturated carbocycles. The summed E-state index contributed by atoms with van der Waals surface area (Å²) in [4.78, 5) is 24.1. The van der Waals surface area contributed by atoms with E-state index in [9.17, 15) is 22.4 Å². The van der Waals surface area contributed by atoms with Crippen LogP contribution >= 0.6 is 0 Å². The Hall–Kier alpha value is -2.62. The molecule has 1 atom stereocenters. The van der Waals surface area contributed by atoms with E-state index in [1.807, 2.05) is 18.7 Å². The summed E-state index contributed by atoms with van der Waals surface area (Å²) in [5.74, 6) is 0.0288. The minimum atomic E-state index is -4.47. The number of carbonyl (C=O) groups excluding carboxylic acids is 1. The molecule has 0 heterocycles. The van der Waals surface area contributed by atoms with Crippen LogP contribution < -0.4 is 5.32 Å². The molecule has 1 N–H and O–H groups in total. The maximum Gasteiger partial charge on any atom is 0.426 e. The molecular weight excluding hydrogens is 450 g/mol. The van der Waals surface area contributed by atoms with E-state index in [0.717, 1.165) is 17.4 Å². The molecule has 1 unspecified atom stereocenters. The number of aliphatic imine (C=N–C) groups is 3. The Morgan fingerprint density at radius 2 is 1.82 bits per heavy atom. The number of hydrogen-bond donors (Lipinski definition) is 1. The van der Waals surface area contributed by atoms with Crippen LogP contribution in [0.5, 0.6) is 0 Å². The van der Waals surface area contributed by atoms with E-state index in [2.05, 4.69) is 40.0 Å². The van der Waals surface area contributed by atoms with Gasteiger partial charge in [-0.1, -0.05) is 30.4 Å². The lowest BCUT2D eigenvalue weighted by molar-refractivity contribution is -0.107. The number of amidine groups is 1. The second-order valence-electron chi connectivity index (χ2n) is 8.04. The van der Waals surface area contributed by atoms with E-state index in [-0.39, 0.29) is 31.3 Å². The first kappa shape index (κ1) is 31.4. The molecule has 0 radical (unpaired) electrons. The van der Waals surface area contributed by atoms with Gasteiger partial charge in [-0.15, -0.1) is 6.58 Å². The van der Waals surface area contributed by atoms with Crippen molar-refractivity contribution in [2.45, 2.75) is 64.2 Å². The Labute approximate surface area is 200 Å². The van der Waals surface area contributed by atoms with Gasteiger partial charge in [-0.3, -0.25) is 14.9 Å². The number of allylic oxidation sites excluding steroid dienone is 1. The highest BCUT2D eigenvalue weighted by molar-refractivity contribution is 5.89. The summed E-state index contributed by atoms with van der Waals surface area (Å²) in [5.41, 5.74) is 1.78. The van der Waals surface area contributed by atoms with Crippen LogP contribution in [0.1, 0.15) is 46.0 Å². The van der Waals surface area contributed by atoms with Crippen molar-refractivity contribution in [3.8, 4) is 0 Å². The Balaban J connectivity index is 4.69. The van der Waals surface area contributed by atoms with Gasteiger partial charge in [-0.2, -0.15) is 13.2 Å². The number of nitrogens with zero attached hydrogens (tertiary/aromatic N) is 4. The lowest BCUT2D eigenvalue weighted by Crippen LogP contribution is -2.42. The second-order valence-corrected chi connectivity index (χ2v) is 8.04. The molecule has 0 fully saturated rings. The summed E-state index contributed by atoms with van der Waals surface area (Å²) in [6.07, 6.45) is 1.81. The Morgan fingerprint density at radius 3 is 2.38 bits per heavy atom. The monoisotopic (exact) mass is 487 g/mol. The number of hydrogen-bond acceptors (Lipinski definition) is 4. The predicted molar refractivity (Wildman–Crippen MR) is 133 cm³/mol. The van der Waals surface area contributed by atoms with Gasteiger partial charge >= 0.3 is 6.18 Å². The molecule has 0 rings (SSSR count). The maximum atomic E-state index is 13.2. The highest BCUT2D eigenvalue weighted by atomic mass is 19.4. The summed E-state index contributed by atoms with van der Waals surface area (Å²) in [6.45, 7) is 15.2. The van der Waals surface area contributed by atoms with E-state index >= 15 is 0 Å². The van der Waals surface area contributed by atoms with E-state index in [1.54, 1.807) is 0 Å². The molecule has 0 spiro atoms. The molecule has 0 saturated heterocycles. The lowest BCUT2D eigenvalue weighted by atomic mass is 10.0. The van der Waals surface area contributed by atoms with Crippen molar-refractivity contribution in [1.29, 1.82) is 0 Å². The first-order valence-electron chi connectivity index (χ1n) is 11.1. The van der Waals surface area contributed by atoms with Crippen LogP contribution in [-0.2, 0) is 4.79 Å². The summed E-state index contributed by atoms with van der Waals surface area (Å²) in [6, 6.07) is -0.566. The smallest absolute Gasteiger partial charge is 0.363 e. The van der Waals surface area contributed by atoms with Crippen molar-refractivity contribution >= 4 is 24.7 Å². The fourth-order valence-corrected chi connectivity index (χ4v) is 2.73. The number of carbonyl (C=O) groups is 1. The van der Waals surface area contributed by atoms with E-state index < -0.39 is 18.9 Å². The van der Waals surface area contributed by atoms with Gasteiger partial charge in [0.1, 0.15) is 19.2 Å². The fraction of sp³-hybridized carbons (Fsp3) is 0.583. The minimum absolute atomic E-state index is 0.00866. The standard InChI is InChI=1S/C24H37F4N5O/c1-6-7-22(31-16-24(26,27)28)15-33(19(2)3)18-29-17-32-23(14-25)30-12-10-20(4)8-9-21(5)11-13-34/h6,13,16-17,19,22H,1,4-5,7-12,14-15,18H2,2-3H3,(H,29,30,32). The molecule has 0 aliphatic rings. The summed E-state index contributed by atoms with van der Waals surface area (Å²) in [7, 11) is 0. The Kier molecular flexibility index (Phi) is 16.4. The van der Waals surface area contributed by atoms with Gasteiger partial charge in [-0.05, 0) is 39.5 Å². The highest BCUT2D eigenvalue weighted by Gasteiger charge is 2.25. The molecule has 0 amide bonds. The van der Waals surface area contributed by atoms with Crippen molar-refractivity contribution in [3.63, 3.8) is 0 Å². The van der Waals surface area contributed by atoms with Crippen LogP contribution in [-0.4, -0.2) is 74.3 Å². The zero-order valence-corrected chi connectivity index (χ0v) is 20.2. The number of rotatable bonds is 18. The number of halogens is 4. The SMILES string of the molecule is C=CCC(CN(CNC=NC(CF)=NCCC(=C)CCC(=C)CC=O)C(C)C)N=CC(F)(F)F. The van der Waals surface area contributed by atoms with Crippen LogP contribution in [0.15, 0.2) is 51.9 Å². The fourth-order valence-electron chi connectivity index (χ4n) is 2.73. The van der Waals surface area contributed by atoms with Crippen LogP contribution in [0, 0.1) is 0 Å². The highest BCUT2D eigenvalue weighted by Crippen LogP contribution is 2.14. The van der Waals surface area contributed by atoms with Crippen LogP contribution in [0.3, 0.4) is 0 Å². The minimum Gasteiger partial charge on any atom is -0.363 e. The largest absolute Gasteiger partial charge is 0.426 e. The topological polar surface area (TPSA) is 69.4 Å². The molecule has 0 aliphatic carbocycles. The molecule has 34 heavy (non-hydrogen) atoms. The molecule has 0 bridgehead atoms. The maximum absolute atomic E-state index is 13.2. The Bertz CT molecular complexity index is 729. The first-order valence-corrected chi connectivity index (χ1v) is 11.1. The van der Waals surface area contributed by atoms with E-state index in [4.69, 9.17) is 0 Å². The van der Waals surface area contributed by atoms with Gasteiger partial charge in [0.05, 0.1) is 19.0 Å². The third kappa shape index (κ3) is 16.9. The van der Waals surface area contributed by atoms with E-state index in [0.29, 0.717) is 38.6 Å². The molecular formula is C24H37F4N5O. The quantitative estimate of drug-likeness (QED) is 0.0731. The third-order valence-corrected chi connectivity index (χ3v) is 4.73. The summed E-state index contributed by atoms with van der Waals surface area (Å²) < 4.78 is 50.6. The molecule has 0 aliphatic heterocycles. The van der Waals surface area contributed by atoms with Crippen molar-refractivity contribution in [2.24, 2.45) is 15.0 Å². The number of nitrogens with one attached hydrogen (secondary N) is 1. The zero-order valence-electron chi connectivity index (χ0n) is 20.2. The van der Waals surface area contributed by atoms with E-state index in [1.165, 1.54) is 12.4 Å². The van der Waals surface area contributed by atoms with Crippen molar-refractivity contribution in [3.05, 3.63) is 37.0 Å². The average Bonchev–Trinajstić information content (AvgIpc) is 2.76. The zero-order chi connectivity index (χ0) is 26.0. The van der Waals surface area contributed by atoms with Crippen LogP contribution in [0.4, 0.5) is 17.6 Å².